The number of hydrogen-bond acceptors (Lipinski definition) is 13. The van der Waals surface area contributed by atoms with E-state index in [-0.39, 0.29) is 22.3 Å². The number of carbonyl (C=O) groups excluding carboxylic acids is 2. The highest BCUT2D eigenvalue weighted by Crippen LogP contribution is 2.49. The zero-order valence-electron chi connectivity index (χ0n) is 38.4. The summed E-state index contributed by atoms with van der Waals surface area (Å²) < 4.78 is 14.0. The number of benzene rings is 5. The number of aryl methyl sites for hydroxylation is 3. The number of carboxylic acids is 3. The van der Waals surface area contributed by atoms with Gasteiger partial charge in [-0.3, -0.25) is 0 Å². The number of ether oxygens (including phenoxy) is 2. The zero-order chi connectivity index (χ0) is 49.0. The Bertz CT molecular complexity index is 3170. The number of anilines is 2. The molecule has 16 heteroatoms. The van der Waals surface area contributed by atoms with E-state index in [4.69, 9.17) is 19.8 Å². The Hall–Kier alpha value is -7.59. The molecule has 1 atom stereocenters. The van der Waals surface area contributed by atoms with Gasteiger partial charge in [0.15, 0.2) is 0 Å². The van der Waals surface area contributed by atoms with E-state index in [1.807, 2.05) is 6.07 Å². The molecular weight excluding hydrogens is 899 g/mol. The first-order valence-electron chi connectivity index (χ1n) is 24.0. The van der Waals surface area contributed by atoms with Gasteiger partial charge in [0.05, 0.1) is 28.2 Å². The van der Waals surface area contributed by atoms with Gasteiger partial charge in [-0.05, 0) is 123 Å². The van der Waals surface area contributed by atoms with E-state index in [9.17, 15) is 39.6 Å². The summed E-state index contributed by atoms with van der Waals surface area (Å²) >= 11 is 0. The molecule has 5 aromatic carbocycles. The van der Waals surface area contributed by atoms with Crippen LogP contribution in [0.2, 0.25) is 0 Å². The van der Waals surface area contributed by atoms with Crippen LogP contribution in [0.5, 0.6) is 17.2 Å². The highest BCUT2D eigenvalue weighted by molar-refractivity contribution is 6.01. The number of fused-ring (bicyclic) bond motifs is 5. The van der Waals surface area contributed by atoms with Gasteiger partial charge in [-0.25, -0.2) is 19.0 Å². The Balaban J connectivity index is 0.000000153. The van der Waals surface area contributed by atoms with Gasteiger partial charge in [0.1, 0.15) is 30.3 Å². The summed E-state index contributed by atoms with van der Waals surface area (Å²) in [7, 11) is 0. The van der Waals surface area contributed by atoms with Crippen LogP contribution in [0.4, 0.5) is 11.4 Å². The van der Waals surface area contributed by atoms with Crippen LogP contribution in [-0.4, -0.2) is 83.6 Å². The van der Waals surface area contributed by atoms with Crippen LogP contribution in [0.15, 0.2) is 60.7 Å². The molecule has 0 saturated heterocycles. The van der Waals surface area contributed by atoms with Crippen molar-refractivity contribution in [2.75, 3.05) is 49.1 Å². The monoisotopic (exact) mass is 949 g/mol. The molecule has 0 amide bonds. The normalized spacial score (nSPS) is 18.1. The highest BCUT2D eigenvalue weighted by Gasteiger charge is 2.37. The molecule has 0 radical (unpaired) electrons. The second-order valence-electron chi connectivity index (χ2n) is 18.8. The average Bonchev–Trinajstić information content (AvgIpc) is 3.67. The predicted octanol–water partition coefficient (Wildman–Crippen LogP) is 4.89. The van der Waals surface area contributed by atoms with Crippen molar-refractivity contribution in [1.29, 1.82) is 0 Å². The van der Waals surface area contributed by atoms with Crippen LogP contribution in [0.3, 0.4) is 0 Å². The summed E-state index contributed by atoms with van der Waals surface area (Å²) in [5, 5.41) is 51.8. The van der Waals surface area contributed by atoms with Crippen LogP contribution in [-0.2, 0) is 43.3 Å². The minimum absolute atomic E-state index is 0.00481. The lowest BCUT2D eigenvalue weighted by Crippen LogP contribution is -2.45. The number of aromatic carboxylic acids is 3. The Labute approximate surface area is 401 Å². The number of rotatable bonds is 4. The first kappa shape index (κ1) is 46.2. The highest BCUT2D eigenvalue weighted by atomic mass is 16.7. The van der Waals surface area contributed by atoms with Crippen molar-refractivity contribution in [2.45, 2.75) is 83.3 Å². The van der Waals surface area contributed by atoms with Crippen LogP contribution in [0.25, 0.3) is 5.57 Å². The molecule has 16 nitrogen and oxygen atoms in total. The number of phenols is 1. The number of aliphatic hydroxyl groups excluding tert-OH is 1. The minimum atomic E-state index is -1.39. The van der Waals surface area contributed by atoms with E-state index in [0.29, 0.717) is 16.9 Å². The molecule has 1 unspecified atom stereocenters. The third-order valence-electron chi connectivity index (χ3n) is 14.8. The summed E-state index contributed by atoms with van der Waals surface area (Å²) in [6.45, 7) is 6.54. The van der Waals surface area contributed by atoms with Gasteiger partial charge < -0.3 is 49.6 Å². The molecule has 8 aliphatic heterocycles. The Kier molecular flexibility index (Phi) is 12.3. The smallest absolute Gasteiger partial charge is 0.341 e. The van der Waals surface area contributed by atoms with Crippen molar-refractivity contribution < 1.29 is 54.2 Å². The second kappa shape index (κ2) is 18.7. The van der Waals surface area contributed by atoms with Crippen molar-refractivity contribution in [2.24, 2.45) is 0 Å². The van der Waals surface area contributed by atoms with Gasteiger partial charge in [-0.1, -0.05) is 24.3 Å². The first-order valence-corrected chi connectivity index (χ1v) is 24.0. The maximum atomic E-state index is 12.6. The third-order valence-corrected chi connectivity index (χ3v) is 14.8. The molecule has 0 bridgehead atoms. The van der Waals surface area contributed by atoms with Crippen molar-refractivity contribution in [3.63, 3.8) is 0 Å². The number of nitrogens with zero attached hydrogens (tertiary/aromatic N) is 3. The van der Waals surface area contributed by atoms with Crippen LogP contribution in [0, 0.1) is 9.93 Å². The quantitative estimate of drug-likeness (QED) is 0.136. The lowest BCUT2D eigenvalue weighted by molar-refractivity contribution is -0.255. The van der Waals surface area contributed by atoms with E-state index in [2.05, 4.69) is 37.3 Å². The van der Waals surface area contributed by atoms with E-state index < -0.39 is 30.2 Å². The number of carboxylic acid groups (broad SMARTS) is 3. The Morgan fingerprint density at radius 2 is 1.26 bits per heavy atom. The van der Waals surface area contributed by atoms with Crippen molar-refractivity contribution >= 4 is 40.8 Å². The fourth-order valence-corrected chi connectivity index (χ4v) is 11.9. The number of aliphatic hydroxyl groups is 1. The van der Waals surface area contributed by atoms with Crippen LogP contribution < -0.4 is 34.8 Å². The molecule has 0 fully saturated rings. The lowest BCUT2D eigenvalue weighted by atomic mass is 9.81. The molecule has 8 heterocycles. The maximum Gasteiger partial charge on any atom is 0.341 e. The zero-order valence-corrected chi connectivity index (χ0v) is 38.4. The fraction of sp³-hybridized carbons (Fsp3) is 0.352. The minimum Gasteiger partial charge on any atom is -0.545 e. The summed E-state index contributed by atoms with van der Waals surface area (Å²) in [6.07, 6.45) is 11.5. The number of hydrogen-bond donors (Lipinski definition) is 4. The molecule has 0 saturated carbocycles. The number of carbonyl (C=O) groups is 4. The maximum absolute atomic E-state index is 12.6. The molecule has 13 rings (SSSR count). The van der Waals surface area contributed by atoms with E-state index in [0.717, 1.165) is 112 Å². The van der Waals surface area contributed by atoms with Gasteiger partial charge in [-0.15, -0.1) is 0 Å². The van der Waals surface area contributed by atoms with Crippen molar-refractivity contribution in [3.8, 4) is 17.2 Å². The van der Waals surface area contributed by atoms with Gasteiger partial charge in [-0.2, -0.15) is 0 Å². The van der Waals surface area contributed by atoms with Gasteiger partial charge in [0.2, 0.25) is 11.6 Å². The SMILES string of the molecule is O=C(O)c1ccc2c(c1)C(=O)OC2O.O=C([O-])c1ccc(C2=c3cc4c5c(c3Oc3c2cc2c6c3CCCN6CCC2)CCC[N+]=5CCC4)c(C(=O)O)c1.O=O.Oc1ccc2c3c1CCCN3CCC2. The molecule has 4 N–H and O–H groups in total. The molecule has 8 aliphatic rings. The number of cyclic esters (lactones) is 1. The topological polar surface area (TPSA) is 234 Å². The summed E-state index contributed by atoms with van der Waals surface area (Å²) in [6, 6.07) is 16.6. The summed E-state index contributed by atoms with van der Waals surface area (Å²) in [4.78, 5) is 64.9. The van der Waals surface area contributed by atoms with Crippen molar-refractivity contribution in [1.82, 2.24) is 4.58 Å². The fourth-order valence-electron chi connectivity index (χ4n) is 11.9. The summed E-state index contributed by atoms with van der Waals surface area (Å²) in [5.74, 6) is -2.18. The van der Waals surface area contributed by atoms with E-state index in [1.54, 1.807) is 6.07 Å². The molecule has 0 spiro atoms. The number of esters is 1. The average molecular weight is 950 g/mol. The number of phenolic OH excluding ortho intramolecular Hbond substituents is 1. The van der Waals surface area contributed by atoms with E-state index in [1.165, 1.54) is 113 Å². The molecule has 0 aliphatic carbocycles. The Morgan fingerprint density at radius 1 is 0.629 bits per heavy atom. The van der Waals surface area contributed by atoms with E-state index >= 15 is 0 Å². The Morgan fingerprint density at radius 3 is 1.96 bits per heavy atom. The van der Waals surface area contributed by atoms with Gasteiger partial charge >= 0.3 is 17.9 Å². The second-order valence-corrected chi connectivity index (χ2v) is 18.8. The lowest BCUT2D eigenvalue weighted by Gasteiger charge is -2.39. The third kappa shape index (κ3) is 7.98. The van der Waals surface area contributed by atoms with Crippen molar-refractivity contribution in [3.05, 3.63) is 153 Å². The molecule has 5 aromatic rings. The summed E-state index contributed by atoms with van der Waals surface area (Å²) in [5.41, 5.74) is 12.8. The largest absolute Gasteiger partial charge is 0.545 e. The predicted molar refractivity (Wildman–Crippen MR) is 255 cm³/mol. The van der Waals surface area contributed by atoms with Gasteiger partial charge in [0, 0.05) is 98.9 Å². The molecule has 0 aromatic heterocycles. The van der Waals surface area contributed by atoms with Gasteiger partial charge in [0.25, 0.3) is 0 Å². The first-order chi connectivity index (χ1) is 33.9. The standard InChI is InChI=1S/C33H30N2O5.C12H15NO.C9H6O5.O2/c36-32(37)20-9-10-21(24(17-20)33(38)39)27-25-15-18-5-1-11-34-13-3-7-22(28(18)34)30(25)40-31-23-8-4-14-35-12-2-6-19(29(23)35)16-26(27)31;14-11-6-5-9-3-1-7-13-8-2-4-10(11)12(9)13;10-7(11)4-1-2-5-6(3-4)9(13)14-8(5)12;1-2/h9-10,15-17H,1-8,11-14H2,(H-,36,37,38,39);5-6,14H,1-4,7-8H2;1-3,8,12H,(H,10,11);. The molecular formula is C54H51N3O13. The molecule has 360 valence electrons. The van der Waals surface area contributed by atoms with Crippen LogP contribution >= 0.6 is 0 Å². The number of aromatic hydroxyl groups is 1. The van der Waals surface area contributed by atoms with Crippen LogP contribution in [0.1, 0.15) is 136 Å². The molecule has 70 heavy (non-hydrogen) atoms.